The Morgan fingerprint density at radius 1 is 1.42 bits per heavy atom. The second-order valence-electron chi connectivity index (χ2n) is 4.97. The number of alkyl halides is 1. The van der Waals surface area contributed by atoms with Crippen molar-refractivity contribution >= 4 is 21.6 Å². The van der Waals surface area contributed by atoms with Gasteiger partial charge in [0.2, 0.25) is 10.0 Å². The zero-order chi connectivity index (χ0) is 14.0. The van der Waals surface area contributed by atoms with Gasteiger partial charge in [-0.05, 0) is 37.0 Å². The van der Waals surface area contributed by atoms with E-state index in [0.717, 1.165) is 18.9 Å². The maximum absolute atomic E-state index is 13.3. The summed E-state index contributed by atoms with van der Waals surface area (Å²) in [5.41, 5.74) is 0.208. The molecule has 0 aromatic heterocycles. The smallest absolute Gasteiger partial charge is 0.207 e. The van der Waals surface area contributed by atoms with Crippen LogP contribution < -0.4 is 0 Å². The lowest BCUT2D eigenvalue weighted by Gasteiger charge is -2.29. The normalized spacial score (nSPS) is 16.6. The number of hydrogen-bond donors (Lipinski definition) is 0. The molecule has 2 rings (SSSR count). The van der Waals surface area contributed by atoms with E-state index in [9.17, 15) is 12.8 Å². The summed E-state index contributed by atoms with van der Waals surface area (Å²) in [5.74, 6) is -0.0649. The SMILES string of the molecule is CN(CC1CCC1)S(=O)(=O)c1ccc(F)c(CCl)c1. The molecule has 0 bridgehead atoms. The zero-order valence-corrected chi connectivity index (χ0v) is 12.3. The molecular weight excluding hydrogens is 289 g/mol. The van der Waals surface area contributed by atoms with E-state index in [1.54, 1.807) is 7.05 Å². The van der Waals surface area contributed by atoms with Crippen molar-refractivity contribution in [3.63, 3.8) is 0 Å². The van der Waals surface area contributed by atoms with Gasteiger partial charge in [-0.1, -0.05) is 6.42 Å². The van der Waals surface area contributed by atoms with Crippen LogP contribution in [0.25, 0.3) is 0 Å². The molecule has 6 heteroatoms. The summed E-state index contributed by atoms with van der Waals surface area (Å²) in [6.07, 6.45) is 3.33. The van der Waals surface area contributed by atoms with Gasteiger partial charge in [0.05, 0.1) is 10.8 Å². The highest BCUT2D eigenvalue weighted by atomic mass is 35.5. The molecule has 0 atom stereocenters. The number of rotatable bonds is 5. The van der Waals surface area contributed by atoms with Crippen molar-refractivity contribution in [2.75, 3.05) is 13.6 Å². The Bertz CT molecular complexity index is 558. The van der Waals surface area contributed by atoms with Crippen LogP contribution in [-0.2, 0) is 15.9 Å². The number of sulfonamides is 1. The standard InChI is InChI=1S/C13H17ClFNO2S/c1-16(9-10-3-2-4-10)19(17,18)12-5-6-13(15)11(7-12)8-14/h5-7,10H,2-4,8-9H2,1H3. The van der Waals surface area contributed by atoms with Crippen LogP contribution in [0.15, 0.2) is 23.1 Å². The van der Waals surface area contributed by atoms with Gasteiger partial charge in [-0.15, -0.1) is 11.6 Å². The molecule has 1 aromatic carbocycles. The molecule has 3 nitrogen and oxygen atoms in total. The van der Waals surface area contributed by atoms with Crippen molar-refractivity contribution in [2.24, 2.45) is 5.92 Å². The van der Waals surface area contributed by atoms with Crippen LogP contribution >= 0.6 is 11.6 Å². The van der Waals surface area contributed by atoms with Crippen molar-refractivity contribution in [3.05, 3.63) is 29.6 Å². The maximum atomic E-state index is 13.3. The Balaban J connectivity index is 2.22. The van der Waals surface area contributed by atoms with Gasteiger partial charge in [0, 0.05) is 19.2 Å². The molecule has 19 heavy (non-hydrogen) atoms. The molecule has 0 spiro atoms. The van der Waals surface area contributed by atoms with Crippen LogP contribution in [0.4, 0.5) is 4.39 Å². The van der Waals surface area contributed by atoms with Crippen LogP contribution in [0.5, 0.6) is 0 Å². The van der Waals surface area contributed by atoms with Gasteiger partial charge in [0.15, 0.2) is 0 Å². The molecule has 1 aliphatic carbocycles. The van der Waals surface area contributed by atoms with Crippen molar-refractivity contribution < 1.29 is 12.8 Å². The van der Waals surface area contributed by atoms with Crippen molar-refractivity contribution in [1.29, 1.82) is 0 Å². The lowest BCUT2D eigenvalue weighted by Crippen LogP contribution is -2.34. The minimum Gasteiger partial charge on any atom is -0.207 e. The van der Waals surface area contributed by atoms with Crippen molar-refractivity contribution in [2.45, 2.75) is 30.0 Å². The summed E-state index contributed by atoms with van der Waals surface area (Å²) in [6, 6.07) is 3.76. The molecule has 1 saturated carbocycles. The third kappa shape index (κ3) is 3.09. The van der Waals surface area contributed by atoms with Gasteiger partial charge < -0.3 is 0 Å². The van der Waals surface area contributed by atoms with Crippen LogP contribution in [0.1, 0.15) is 24.8 Å². The Hall–Kier alpha value is -0.650. The number of hydrogen-bond acceptors (Lipinski definition) is 2. The van der Waals surface area contributed by atoms with Crippen molar-refractivity contribution in [1.82, 2.24) is 4.31 Å². The third-order valence-corrected chi connectivity index (χ3v) is 5.72. The zero-order valence-electron chi connectivity index (χ0n) is 10.8. The second kappa shape index (κ2) is 5.77. The van der Waals surface area contributed by atoms with Gasteiger partial charge in [0.25, 0.3) is 0 Å². The molecule has 0 radical (unpaired) electrons. The van der Waals surface area contributed by atoms with Crippen LogP contribution in [0, 0.1) is 11.7 Å². The number of nitrogens with zero attached hydrogens (tertiary/aromatic N) is 1. The second-order valence-corrected chi connectivity index (χ2v) is 7.28. The molecule has 0 N–H and O–H groups in total. The average Bonchev–Trinajstić information content (AvgIpc) is 2.33. The van der Waals surface area contributed by atoms with E-state index in [0.29, 0.717) is 12.5 Å². The van der Waals surface area contributed by atoms with Gasteiger partial charge >= 0.3 is 0 Å². The summed E-state index contributed by atoms with van der Waals surface area (Å²) >= 11 is 5.60. The Labute approximate surface area is 118 Å². The maximum Gasteiger partial charge on any atom is 0.242 e. The van der Waals surface area contributed by atoms with Gasteiger partial charge in [-0.2, -0.15) is 0 Å². The van der Waals surface area contributed by atoms with Gasteiger partial charge in [0.1, 0.15) is 5.82 Å². The predicted molar refractivity (Wildman–Crippen MR) is 73.1 cm³/mol. The molecule has 1 aromatic rings. The summed E-state index contributed by atoms with van der Waals surface area (Å²) < 4.78 is 39.4. The average molecular weight is 306 g/mol. The minimum absolute atomic E-state index is 0.0401. The van der Waals surface area contributed by atoms with E-state index in [-0.39, 0.29) is 16.3 Å². The largest absolute Gasteiger partial charge is 0.242 e. The van der Waals surface area contributed by atoms with Gasteiger partial charge in [-0.3, -0.25) is 0 Å². The first kappa shape index (κ1) is 14.8. The van der Waals surface area contributed by atoms with E-state index in [1.807, 2.05) is 0 Å². The fourth-order valence-corrected chi connectivity index (χ4v) is 3.63. The quantitative estimate of drug-likeness (QED) is 0.784. The summed E-state index contributed by atoms with van der Waals surface area (Å²) in [6.45, 7) is 0.524. The molecule has 1 fully saturated rings. The Morgan fingerprint density at radius 2 is 2.11 bits per heavy atom. The van der Waals surface area contributed by atoms with E-state index < -0.39 is 15.8 Å². The predicted octanol–water partition coefficient (Wildman–Crippen LogP) is 2.99. The fourth-order valence-electron chi connectivity index (χ4n) is 2.13. The molecule has 0 heterocycles. The number of halogens is 2. The molecule has 0 unspecified atom stereocenters. The third-order valence-electron chi connectivity index (χ3n) is 3.61. The molecule has 0 saturated heterocycles. The van der Waals surface area contributed by atoms with E-state index in [2.05, 4.69) is 0 Å². The molecule has 106 valence electrons. The fraction of sp³-hybridized carbons (Fsp3) is 0.538. The first-order chi connectivity index (χ1) is 8.95. The van der Waals surface area contributed by atoms with E-state index >= 15 is 0 Å². The monoisotopic (exact) mass is 305 g/mol. The highest BCUT2D eigenvalue weighted by Crippen LogP contribution is 2.28. The molecule has 0 aliphatic heterocycles. The first-order valence-electron chi connectivity index (χ1n) is 6.26. The molecule has 1 aliphatic rings. The Kier molecular flexibility index (Phi) is 4.48. The molecular formula is C13H17ClFNO2S. The first-order valence-corrected chi connectivity index (χ1v) is 8.23. The lowest BCUT2D eigenvalue weighted by molar-refractivity contribution is 0.263. The van der Waals surface area contributed by atoms with Crippen LogP contribution in [-0.4, -0.2) is 26.3 Å². The lowest BCUT2D eigenvalue weighted by atomic mass is 9.86. The van der Waals surface area contributed by atoms with E-state index in [4.69, 9.17) is 11.6 Å². The minimum atomic E-state index is -3.55. The number of benzene rings is 1. The van der Waals surface area contributed by atoms with E-state index in [1.165, 1.54) is 22.9 Å². The summed E-state index contributed by atoms with van der Waals surface area (Å²) in [5, 5.41) is 0. The summed E-state index contributed by atoms with van der Waals surface area (Å²) in [7, 11) is -1.98. The molecule has 0 amide bonds. The van der Waals surface area contributed by atoms with Gasteiger partial charge in [-0.25, -0.2) is 17.1 Å². The Morgan fingerprint density at radius 3 is 2.63 bits per heavy atom. The highest BCUT2D eigenvalue weighted by molar-refractivity contribution is 7.89. The summed E-state index contributed by atoms with van der Waals surface area (Å²) in [4.78, 5) is 0.103. The highest BCUT2D eigenvalue weighted by Gasteiger charge is 2.27. The van der Waals surface area contributed by atoms with Crippen LogP contribution in [0.3, 0.4) is 0 Å². The van der Waals surface area contributed by atoms with Crippen LogP contribution in [0.2, 0.25) is 0 Å². The topological polar surface area (TPSA) is 37.4 Å². The van der Waals surface area contributed by atoms with Crippen molar-refractivity contribution in [3.8, 4) is 0 Å².